The summed E-state index contributed by atoms with van der Waals surface area (Å²) >= 11 is 0. The first kappa shape index (κ1) is 11.6. The molecule has 80 valence electrons. The minimum absolute atomic E-state index is 0.0101. The molecule has 0 aromatic carbocycles. The lowest BCUT2D eigenvalue weighted by molar-refractivity contribution is 0.0994. The van der Waals surface area contributed by atoms with E-state index in [1.807, 2.05) is 0 Å². The molecule has 1 aliphatic carbocycles. The summed E-state index contributed by atoms with van der Waals surface area (Å²) in [5.74, 6) is 3.66. The van der Waals surface area contributed by atoms with Gasteiger partial charge in [-0.1, -0.05) is 26.2 Å². The molecule has 0 spiro atoms. The summed E-state index contributed by atoms with van der Waals surface area (Å²) in [6.07, 6.45) is 11.2. The number of hydrogen-bond donors (Lipinski definition) is 1. The van der Waals surface area contributed by atoms with Crippen molar-refractivity contribution in [2.24, 2.45) is 17.1 Å². The number of terminal acetylenes is 1. The molecule has 0 saturated heterocycles. The van der Waals surface area contributed by atoms with Crippen LogP contribution in [0.1, 0.15) is 52.9 Å². The van der Waals surface area contributed by atoms with Gasteiger partial charge in [-0.15, -0.1) is 6.42 Å². The topological polar surface area (TPSA) is 26.0 Å². The van der Waals surface area contributed by atoms with Crippen LogP contribution >= 0.6 is 0 Å². The minimum atomic E-state index is 0.0101. The number of nitrogens with two attached hydrogens (primary N) is 1. The van der Waals surface area contributed by atoms with E-state index in [2.05, 4.69) is 26.7 Å². The Bertz CT molecular complexity index is 236. The highest BCUT2D eigenvalue weighted by atomic mass is 14.7. The van der Waals surface area contributed by atoms with Crippen LogP contribution in [0.5, 0.6) is 0 Å². The third-order valence-corrected chi connectivity index (χ3v) is 4.05. The van der Waals surface area contributed by atoms with E-state index in [-0.39, 0.29) is 11.0 Å². The summed E-state index contributed by atoms with van der Waals surface area (Å²) in [5, 5.41) is 0. The molecule has 1 heteroatoms. The van der Waals surface area contributed by atoms with Gasteiger partial charge in [-0.25, -0.2) is 0 Å². The van der Waals surface area contributed by atoms with Crippen molar-refractivity contribution < 1.29 is 0 Å². The molecule has 0 aromatic rings. The second-order valence-corrected chi connectivity index (χ2v) is 5.12. The van der Waals surface area contributed by atoms with Gasteiger partial charge in [0.05, 0.1) is 0 Å². The fourth-order valence-electron chi connectivity index (χ4n) is 2.87. The third-order valence-electron chi connectivity index (χ3n) is 4.05. The summed E-state index contributed by atoms with van der Waals surface area (Å²) in [5.41, 5.74) is 6.35. The molecule has 1 fully saturated rings. The van der Waals surface area contributed by atoms with Crippen LogP contribution in [0.15, 0.2) is 0 Å². The first-order valence-corrected chi connectivity index (χ1v) is 5.76. The zero-order valence-corrected chi connectivity index (χ0v) is 9.77. The lowest BCUT2D eigenvalue weighted by atomic mass is 9.60. The standard InChI is InChI=1S/C13H23N/c1-5-11-10-12(4,14)8-9-13(11,6-2)7-3/h2,11H,5,7-10,14H2,1,3-4H3/t11-,12+,13?/m0/s1. The Labute approximate surface area is 88.5 Å². The largest absolute Gasteiger partial charge is 0.325 e. The Hall–Kier alpha value is -0.480. The van der Waals surface area contributed by atoms with Gasteiger partial charge in [-0.2, -0.15) is 0 Å². The first-order chi connectivity index (χ1) is 6.49. The highest BCUT2D eigenvalue weighted by Gasteiger charge is 2.42. The van der Waals surface area contributed by atoms with Gasteiger partial charge in [-0.3, -0.25) is 0 Å². The van der Waals surface area contributed by atoms with Crippen molar-refractivity contribution in [2.75, 3.05) is 0 Å². The quantitative estimate of drug-likeness (QED) is 0.670. The molecule has 1 rings (SSSR count). The normalized spacial score (nSPS) is 43.2. The molecule has 0 aliphatic heterocycles. The van der Waals surface area contributed by atoms with Crippen molar-refractivity contribution in [3.05, 3.63) is 0 Å². The Morgan fingerprint density at radius 3 is 2.50 bits per heavy atom. The van der Waals surface area contributed by atoms with E-state index >= 15 is 0 Å². The fourth-order valence-corrected chi connectivity index (χ4v) is 2.87. The monoisotopic (exact) mass is 193 g/mol. The van der Waals surface area contributed by atoms with Gasteiger partial charge in [-0.05, 0) is 38.5 Å². The van der Waals surface area contributed by atoms with Crippen LogP contribution in [0, 0.1) is 23.7 Å². The van der Waals surface area contributed by atoms with Crippen molar-refractivity contribution in [1.82, 2.24) is 0 Å². The molecule has 1 saturated carbocycles. The van der Waals surface area contributed by atoms with Gasteiger partial charge >= 0.3 is 0 Å². The molecule has 14 heavy (non-hydrogen) atoms. The SMILES string of the molecule is C#CC1(CC)CC[C@@](C)(N)C[C@@H]1CC. The van der Waals surface area contributed by atoms with Gasteiger partial charge in [0, 0.05) is 11.0 Å². The first-order valence-electron chi connectivity index (χ1n) is 5.76. The molecular formula is C13H23N. The van der Waals surface area contributed by atoms with Gasteiger partial charge in [0.1, 0.15) is 0 Å². The van der Waals surface area contributed by atoms with Crippen LogP contribution in [-0.4, -0.2) is 5.54 Å². The van der Waals surface area contributed by atoms with Gasteiger partial charge in [0.25, 0.3) is 0 Å². The predicted octanol–water partition coefficient (Wildman–Crippen LogP) is 2.94. The zero-order valence-electron chi connectivity index (χ0n) is 9.77. The van der Waals surface area contributed by atoms with E-state index in [1.165, 1.54) is 0 Å². The second-order valence-electron chi connectivity index (χ2n) is 5.12. The van der Waals surface area contributed by atoms with E-state index in [9.17, 15) is 0 Å². The highest BCUT2D eigenvalue weighted by Crippen LogP contribution is 2.47. The van der Waals surface area contributed by atoms with E-state index in [0.717, 1.165) is 32.1 Å². The van der Waals surface area contributed by atoms with Crippen LogP contribution in [0.4, 0.5) is 0 Å². The van der Waals surface area contributed by atoms with Crippen molar-refractivity contribution in [1.29, 1.82) is 0 Å². The maximum absolute atomic E-state index is 6.21. The predicted molar refractivity (Wildman–Crippen MR) is 61.8 cm³/mol. The van der Waals surface area contributed by atoms with Crippen LogP contribution in [0.25, 0.3) is 0 Å². The molecular weight excluding hydrogens is 170 g/mol. The Morgan fingerprint density at radius 1 is 1.43 bits per heavy atom. The van der Waals surface area contributed by atoms with Gasteiger partial charge in [0.15, 0.2) is 0 Å². The van der Waals surface area contributed by atoms with Crippen LogP contribution in [0.2, 0.25) is 0 Å². The molecule has 1 nitrogen and oxygen atoms in total. The average Bonchev–Trinajstić information content (AvgIpc) is 2.17. The summed E-state index contributed by atoms with van der Waals surface area (Å²) in [4.78, 5) is 0. The Kier molecular flexibility index (Phi) is 3.27. The zero-order chi connectivity index (χ0) is 10.8. The molecule has 0 aromatic heterocycles. The van der Waals surface area contributed by atoms with Gasteiger partial charge in [0.2, 0.25) is 0 Å². The van der Waals surface area contributed by atoms with E-state index in [0.29, 0.717) is 5.92 Å². The lowest BCUT2D eigenvalue weighted by Gasteiger charge is -2.46. The number of rotatable bonds is 2. The Balaban J connectivity index is 2.86. The molecule has 0 radical (unpaired) electrons. The van der Waals surface area contributed by atoms with Crippen LogP contribution < -0.4 is 5.73 Å². The molecule has 2 N–H and O–H groups in total. The number of hydrogen-bond acceptors (Lipinski definition) is 1. The third kappa shape index (κ3) is 1.96. The summed E-state index contributed by atoms with van der Waals surface area (Å²) in [6.45, 7) is 6.60. The summed E-state index contributed by atoms with van der Waals surface area (Å²) in [7, 11) is 0. The maximum Gasteiger partial charge on any atom is 0.0338 e. The second kappa shape index (κ2) is 3.95. The molecule has 1 aliphatic rings. The van der Waals surface area contributed by atoms with Gasteiger partial charge < -0.3 is 5.73 Å². The van der Waals surface area contributed by atoms with Crippen molar-refractivity contribution in [3.63, 3.8) is 0 Å². The Morgan fingerprint density at radius 2 is 2.07 bits per heavy atom. The van der Waals surface area contributed by atoms with E-state index in [4.69, 9.17) is 12.2 Å². The van der Waals surface area contributed by atoms with Crippen molar-refractivity contribution in [2.45, 2.75) is 58.4 Å². The van der Waals surface area contributed by atoms with E-state index in [1.54, 1.807) is 0 Å². The van der Waals surface area contributed by atoms with Crippen molar-refractivity contribution >= 4 is 0 Å². The molecule has 0 heterocycles. The van der Waals surface area contributed by atoms with E-state index < -0.39 is 0 Å². The maximum atomic E-state index is 6.21. The average molecular weight is 193 g/mol. The lowest BCUT2D eigenvalue weighted by Crippen LogP contribution is -2.48. The molecule has 1 unspecified atom stereocenters. The molecule has 0 bridgehead atoms. The highest BCUT2D eigenvalue weighted by molar-refractivity contribution is 5.12. The minimum Gasteiger partial charge on any atom is -0.325 e. The summed E-state index contributed by atoms with van der Waals surface area (Å²) in [6, 6.07) is 0. The van der Waals surface area contributed by atoms with Crippen LogP contribution in [-0.2, 0) is 0 Å². The van der Waals surface area contributed by atoms with Crippen LogP contribution in [0.3, 0.4) is 0 Å². The molecule has 0 amide bonds. The summed E-state index contributed by atoms with van der Waals surface area (Å²) < 4.78 is 0. The fraction of sp³-hybridized carbons (Fsp3) is 0.846. The smallest absolute Gasteiger partial charge is 0.0338 e. The molecule has 3 atom stereocenters. The van der Waals surface area contributed by atoms with Crippen molar-refractivity contribution in [3.8, 4) is 12.3 Å².